The summed E-state index contributed by atoms with van der Waals surface area (Å²) in [7, 11) is 6.16. The number of hydrogen-bond donors (Lipinski definition) is 1. The molecule has 0 bridgehead atoms. The molecule has 0 saturated carbocycles. The first-order valence-electron chi connectivity index (χ1n) is 9.06. The van der Waals surface area contributed by atoms with E-state index in [0.29, 0.717) is 19.2 Å². The lowest BCUT2D eigenvalue weighted by atomic mass is 9.98. The highest BCUT2D eigenvalue weighted by Gasteiger charge is 2.29. The number of carbonyl (C=O) groups excluding carboxylic acids is 1. The van der Waals surface area contributed by atoms with Crippen LogP contribution in [0.2, 0.25) is 0 Å². The van der Waals surface area contributed by atoms with Gasteiger partial charge < -0.3 is 19.9 Å². The van der Waals surface area contributed by atoms with E-state index in [0.717, 1.165) is 51.5 Å². The standard InChI is InChI=1S/C17H33N5O2.HI/c1-5-24-16(23)14-7-6-8-22(12-14)17(18-2)19-11-15-13-20(3)9-10-21(15)4;/h14-15H,5-13H2,1-4H3,(H,18,19);1H. The number of nitrogens with zero attached hydrogens (tertiary/aromatic N) is 4. The Labute approximate surface area is 169 Å². The van der Waals surface area contributed by atoms with Crippen LogP contribution in [0, 0.1) is 5.92 Å². The lowest BCUT2D eigenvalue weighted by Crippen LogP contribution is -2.56. The number of piperazine rings is 1. The second kappa shape index (κ2) is 11.2. The van der Waals surface area contributed by atoms with Gasteiger partial charge in [0.2, 0.25) is 0 Å². The molecule has 0 aliphatic carbocycles. The van der Waals surface area contributed by atoms with Gasteiger partial charge in [0.25, 0.3) is 0 Å². The highest BCUT2D eigenvalue weighted by atomic mass is 127. The van der Waals surface area contributed by atoms with Gasteiger partial charge in [-0.05, 0) is 33.9 Å². The third kappa shape index (κ3) is 6.56. The van der Waals surface area contributed by atoms with Gasteiger partial charge >= 0.3 is 5.97 Å². The molecule has 2 saturated heterocycles. The number of hydrogen-bond acceptors (Lipinski definition) is 5. The Balaban J connectivity index is 0.00000312. The van der Waals surface area contributed by atoms with E-state index in [2.05, 4.69) is 39.1 Å². The maximum atomic E-state index is 12.0. The number of esters is 1. The van der Waals surface area contributed by atoms with Gasteiger partial charge in [-0.1, -0.05) is 0 Å². The average molecular weight is 467 g/mol. The van der Waals surface area contributed by atoms with Crippen LogP contribution in [0.4, 0.5) is 0 Å². The molecular weight excluding hydrogens is 433 g/mol. The van der Waals surface area contributed by atoms with Crippen molar-refractivity contribution in [2.24, 2.45) is 10.9 Å². The zero-order valence-corrected chi connectivity index (χ0v) is 18.4. The zero-order chi connectivity index (χ0) is 17.5. The lowest BCUT2D eigenvalue weighted by Gasteiger charge is -2.39. The molecule has 2 heterocycles. The zero-order valence-electron chi connectivity index (χ0n) is 16.0. The molecule has 1 N–H and O–H groups in total. The van der Waals surface area contributed by atoms with Crippen molar-refractivity contribution in [3.8, 4) is 0 Å². The first kappa shape index (κ1) is 22.4. The number of halogens is 1. The maximum absolute atomic E-state index is 12.0. The Bertz CT molecular complexity index is 449. The van der Waals surface area contributed by atoms with Crippen LogP contribution in [0.15, 0.2) is 4.99 Å². The minimum absolute atomic E-state index is 0. The summed E-state index contributed by atoms with van der Waals surface area (Å²) < 4.78 is 5.19. The van der Waals surface area contributed by atoms with Crippen LogP contribution in [-0.4, -0.2) is 99.7 Å². The van der Waals surface area contributed by atoms with Gasteiger partial charge in [-0.15, -0.1) is 24.0 Å². The van der Waals surface area contributed by atoms with Crippen LogP contribution < -0.4 is 5.32 Å². The molecular formula is C17H34IN5O2. The first-order chi connectivity index (χ1) is 11.5. The fourth-order valence-electron chi connectivity index (χ4n) is 3.49. The monoisotopic (exact) mass is 467 g/mol. The van der Waals surface area contributed by atoms with E-state index < -0.39 is 0 Å². The van der Waals surface area contributed by atoms with E-state index >= 15 is 0 Å². The molecule has 2 fully saturated rings. The highest BCUT2D eigenvalue weighted by Crippen LogP contribution is 2.18. The van der Waals surface area contributed by atoms with Crippen molar-refractivity contribution in [2.45, 2.75) is 25.8 Å². The van der Waals surface area contributed by atoms with Crippen LogP contribution in [0.25, 0.3) is 0 Å². The summed E-state index contributed by atoms with van der Waals surface area (Å²) in [5.74, 6) is 0.776. The van der Waals surface area contributed by atoms with Gasteiger partial charge in [-0.2, -0.15) is 0 Å². The number of nitrogens with one attached hydrogen (secondary N) is 1. The summed E-state index contributed by atoms with van der Waals surface area (Å²) >= 11 is 0. The lowest BCUT2D eigenvalue weighted by molar-refractivity contribution is -0.149. The third-order valence-corrected chi connectivity index (χ3v) is 5.03. The van der Waals surface area contributed by atoms with Crippen molar-refractivity contribution in [3.63, 3.8) is 0 Å². The van der Waals surface area contributed by atoms with Crippen LogP contribution in [-0.2, 0) is 9.53 Å². The number of carbonyl (C=O) groups is 1. The van der Waals surface area contributed by atoms with E-state index in [9.17, 15) is 4.79 Å². The molecule has 2 atom stereocenters. The first-order valence-corrected chi connectivity index (χ1v) is 9.06. The van der Waals surface area contributed by atoms with Gasteiger partial charge in [0, 0.05) is 52.4 Å². The van der Waals surface area contributed by atoms with E-state index in [-0.39, 0.29) is 35.9 Å². The molecule has 8 heteroatoms. The summed E-state index contributed by atoms with van der Waals surface area (Å²) in [6, 6.07) is 0.478. The molecule has 2 aliphatic rings. The highest BCUT2D eigenvalue weighted by molar-refractivity contribution is 14.0. The minimum atomic E-state index is -0.0775. The van der Waals surface area contributed by atoms with E-state index in [4.69, 9.17) is 4.74 Å². The molecule has 0 aromatic carbocycles. The summed E-state index contributed by atoms with van der Waals surface area (Å²) in [5.41, 5.74) is 0. The summed E-state index contributed by atoms with van der Waals surface area (Å²) in [5, 5.41) is 3.51. The van der Waals surface area contributed by atoms with Crippen LogP contribution in [0.1, 0.15) is 19.8 Å². The van der Waals surface area contributed by atoms with Gasteiger partial charge in [0.05, 0.1) is 12.5 Å². The maximum Gasteiger partial charge on any atom is 0.310 e. The number of rotatable bonds is 4. The molecule has 0 radical (unpaired) electrons. The number of ether oxygens (including phenoxy) is 1. The van der Waals surface area contributed by atoms with E-state index in [1.54, 1.807) is 0 Å². The Morgan fingerprint density at radius 1 is 1.24 bits per heavy atom. The Morgan fingerprint density at radius 2 is 2.00 bits per heavy atom. The van der Waals surface area contributed by atoms with Crippen molar-refractivity contribution < 1.29 is 9.53 Å². The molecule has 7 nitrogen and oxygen atoms in total. The molecule has 0 spiro atoms. The topological polar surface area (TPSA) is 60.4 Å². The second-order valence-electron chi connectivity index (χ2n) is 6.86. The SMILES string of the molecule is CCOC(=O)C1CCCN(C(=NC)NCC2CN(C)CCN2C)C1.I. The van der Waals surface area contributed by atoms with E-state index in [1.165, 1.54) is 0 Å². The molecule has 146 valence electrons. The van der Waals surface area contributed by atoms with Gasteiger partial charge in [0.1, 0.15) is 0 Å². The van der Waals surface area contributed by atoms with Crippen LogP contribution in [0.3, 0.4) is 0 Å². The molecule has 2 rings (SSSR count). The van der Waals surface area contributed by atoms with Crippen LogP contribution in [0.5, 0.6) is 0 Å². The predicted molar refractivity (Wildman–Crippen MR) is 112 cm³/mol. The smallest absolute Gasteiger partial charge is 0.310 e. The minimum Gasteiger partial charge on any atom is -0.466 e. The summed E-state index contributed by atoms with van der Waals surface area (Å²) in [6.07, 6.45) is 1.90. The summed E-state index contributed by atoms with van der Waals surface area (Å²) in [6.45, 7) is 8.08. The van der Waals surface area contributed by atoms with Gasteiger partial charge in [-0.25, -0.2) is 0 Å². The number of guanidine groups is 1. The molecule has 0 amide bonds. The number of piperidine rings is 1. The number of likely N-dealkylation sites (tertiary alicyclic amines) is 1. The quantitative estimate of drug-likeness (QED) is 0.285. The summed E-state index contributed by atoms with van der Waals surface area (Å²) in [4.78, 5) is 23.4. The third-order valence-electron chi connectivity index (χ3n) is 5.03. The van der Waals surface area contributed by atoms with Crippen molar-refractivity contribution >= 4 is 35.9 Å². The molecule has 2 unspecified atom stereocenters. The molecule has 25 heavy (non-hydrogen) atoms. The number of likely N-dealkylation sites (N-methyl/N-ethyl adjacent to an activating group) is 2. The second-order valence-corrected chi connectivity index (χ2v) is 6.86. The fourth-order valence-corrected chi connectivity index (χ4v) is 3.49. The number of aliphatic imine (C=N–C) groups is 1. The van der Waals surface area contributed by atoms with Crippen molar-refractivity contribution in [1.82, 2.24) is 20.0 Å². The van der Waals surface area contributed by atoms with Gasteiger partial charge in [-0.3, -0.25) is 14.7 Å². The van der Waals surface area contributed by atoms with Gasteiger partial charge in [0.15, 0.2) is 5.96 Å². The normalized spacial score (nSPS) is 26.1. The Hall–Kier alpha value is -0.610. The molecule has 0 aromatic rings. The largest absolute Gasteiger partial charge is 0.466 e. The Kier molecular flexibility index (Phi) is 10.0. The molecule has 2 aliphatic heterocycles. The Morgan fingerprint density at radius 3 is 2.68 bits per heavy atom. The fraction of sp³-hybridized carbons (Fsp3) is 0.882. The predicted octanol–water partition coefficient (Wildman–Crippen LogP) is 0.701. The van der Waals surface area contributed by atoms with Crippen molar-refractivity contribution in [1.29, 1.82) is 0 Å². The molecule has 0 aromatic heterocycles. The average Bonchev–Trinajstić information content (AvgIpc) is 2.59. The van der Waals surface area contributed by atoms with Crippen LogP contribution >= 0.6 is 24.0 Å². The van der Waals surface area contributed by atoms with E-state index in [1.807, 2.05) is 14.0 Å². The van der Waals surface area contributed by atoms with Crippen molar-refractivity contribution in [2.75, 3.05) is 67.0 Å². The van der Waals surface area contributed by atoms with Crippen molar-refractivity contribution in [3.05, 3.63) is 0 Å².